The van der Waals surface area contributed by atoms with E-state index in [1.165, 1.54) is 16.7 Å². The lowest BCUT2D eigenvalue weighted by Gasteiger charge is -2.17. The van der Waals surface area contributed by atoms with Crippen molar-refractivity contribution in [3.63, 3.8) is 0 Å². The van der Waals surface area contributed by atoms with Crippen LogP contribution in [0.2, 0.25) is 0 Å². The number of ether oxygens (including phenoxy) is 1. The molecule has 0 bridgehead atoms. The van der Waals surface area contributed by atoms with E-state index in [1.807, 2.05) is 12.1 Å². The van der Waals surface area contributed by atoms with Gasteiger partial charge in [-0.05, 0) is 48.6 Å². The molecule has 0 aliphatic rings. The Morgan fingerprint density at radius 1 is 1.05 bits per heavy atom. The first kappa shape index (κ1) is 15.6. The third-order valence-corrected chi connectivity index (χ3v) is 3.79. The SMILES string of the molecule is Cc1ccc(C)c(C(N)COc2cccc(C(C)C)c2)c1. The lowest BCUT2D eigenvalue weighted by Crippen LogP contribution is -2.20. The molecule has 0 aliphatic carbocycles. The van der Waals surface area contributed by atoms with E-state index in [0.717, 1.165) is 11.3 Å². The number of aryl methyl sites for hydroxylation is 2. The van der Waals surface area contributed by atoms with Crippen molar-refractivity contribution >= 4 is 0 Å². The van der Waals surface area contributed by atoms with Crippen molar-refractivity contribution in [2.45, 2.75) is 39.7 Å². The first-order valence-corrected chi connectivity index (χ1v) is 7.53. The van der Waals surface area contributed by atoms with E-state index in [4.69, 9.17) is 10.5 Å². The molecular weight excluding hydrogens is 258 g/mol. The molecular formula is C19H25NO. The lowest BCUT2D eigenvalue weighted by atomic mass is 10.00. The van der Waals surface area contributed by atoms with Gasteiger partial charge in [0.15, 0.2) is 0 Å². The highest BCUT2D eigenvalue weighted by Gasteiger charge is 2.10. The van der Waals surface area contributed by atoms with E-state index in [0.29, 0.717) is 12.5 Å². The number of hydrogen-bond donors (Lipinski definition) is 1. The van der Waals surface area contributed by atoms with Gasteiger partial charge in [-0.2, -0.15) is 0 Å². The largest absolute Gasteiger partial charge is 0.492 e. The van der Waals surface area contributed by atoms with Gasteiger partial charge in [-0.3, -0.25) is 0 Å². The average Bonchev–Trinajstić information content (AvgIpc) is 2.47. The minimum absolute atomic E-state index is 0.104. The summed E-state index contributed by atoms with van der Waals surface area (Å²) in [7, 11) is 0. The molecule has 0 fully saturated rings. The van der Waals surface area contributed by atoms with Crippen LogP contribution in [0.5, 0.6) is 5.75 Å². The van der Waals surface area contributed by atoms with Gasteiger partial charge in [-0.15, -0.1) is 0 Å². The van der Waals surface area contributed by atoms with Gasteiger partial charge >= 0.3 is 0 Å². The van der Waals surface area contributed by atoms with Crippen LogP contribution in [-0.2, 0) is 0 Å². The maximum Gasteiger partial charge on any atom is 0.119 e. The summed E-state index contributed by atoms with van der Waals surface area (Å²) >= 11 is 0. The van der Waals surface area contributed by atoms with Crippen molar-refractivity contribution in [2.24, 2.45) is 5.73 Å². The van der Waals surface area contributed by atoms with Crippen molar-refractivity contribution in [3.05, 3.63) is 64.7 Å². The highest BCUT2D eigenvalue weighted by atomic mass is 16.5. The van der Waals surface area contributed by atoms with Crippen LogP contribution in [0, 0.1) is 13.8 Å². The van der Waals surface area contributed by atoms with Gasteiger partial charge in [0, 0.05) is 0 Å². The van der Waals surface area contributed by atoms with Crippen LogP contribution in [0.15, 0.2) is 42.5 Å². The Labute approximate surface area is 127 Å². The second kappa shape index (κ2) is 6.77. The minimum atomic E-state index is -0.104. The number of hydrogen-bond acceptors (Lipinski definition) is 2. The quantitative estimate of drug-likeness (QED) is 0.876. The Balaban J connectivity index is 2.05. The number of nitrogens with two attached hydrogens (primary N) is 1. The van der Waals surface area contributed by atoms with E-state index < -0.39 is 0 Å². The first-order valence-electron chi connectivity index (χ1n) is 7.53. The zero-order chi connectivity index (χ0) is 15.4. The van der Waals surface area contributed by atoms with E-state index in [1.54, 1.807) is 0 Å². The van der Waals surface area contributed by atoms with Gasteiger partial charge in [-0.1, -0.05) is 49.7 Å². The summed E-state index contributed by atoms with van der Waals surface area (Å²) in [6.07, 6.45) is 0. The Bertz CT molecular complexity index is 604. The number of rotatable bonds is 5. The van der Waals surface area contributed by atoms with Gasteiger partial charge < -0.3 is 10.5 Å². The smallest absolute Gasteiger partial charge is 0.119 e. The Kier molecular flexibility index (Phi) is 5.03. The molecule has 0 aromatic heterocycles. The summed E-state index contributed by atoms with van der Waals surface area (Å²) in [5, 5.41) is 0. The van der Waals surface area contributed by atoms with E-state index >= 15 is 0 Å². The fraction of sp³-hybridized carbons (Fsp3) is 0.368. The van der Waals surface area contributed by atoms with Crippen molar-refractivity contribution < 1.29 is 4.74 Å². The normalized spacial score (nSPS) is 12.5. The van der Waals surface area contributed by atoms with Gasteiger partial charge in [-0.25, -0.2) is 0 Å². The molecule has 1 unspecified atom stereocenters. The molecule has 1 atom stereocenters. The van der Waals surface area contributed by atoms with Crippen molar-refractivity contribution in [1.29, 1.82) is 0 Å². The van der Waals surface area contributed by atoms with Crippen LogP contribution >= 0.6 is 0 Å². The van der Waals surface area contributed by atoms with E-state index in [9.17, 15) is 0 Å². The molecule has 112 valence electrons. The first-order chi connectivity index (χ1) is 9.97. The summed E-state index contributed by atoms with van der Waals surface area (Å²) in [6, 6.07) is 14.5. The maximum absolute atomic E-state index is 6.29. The Hall–Kier alpha value is -1.80. The molecule has 2 aromatic rings. The molecule has 21 heavy (non-hydrogen) atoms. The topological polar surface area (TPSA) is 35.2 Å². The molecule has 0 spiro atoms. The minimum Gasteiger partial charge on any atom is -0.492 e. The summed E-state index contributed by atoms with van der Waals surface area (Å²) in [4.78, 5) is 0. The van der Waals surface area contributed by atoms with Crippen LogP contribution in [0.1, 0.15) is 48.1 Å². The van der Waals surface area contributed by atoms with Crippen LogP contribution in [-0.4, -0.2) is 6.61 Å². The van der Waals surface area contributed by atoms with Crippen LogP contribution in [0.3, 0.4) is 0 Å². The molecule has 2 rings (SSSR count). The lowest BCUT2D eigenvalue weighted by molar-refractivity contribution is 0.290. The second-order valence-corrected chi connectivity index (χ2v) is 6.00. The summed E-state index contributed by atoms with van der Waals surface area (Å²) < 4.78 is 5.88. The maximum atomic E-state index is 6.29. The van der Waals surface area contributed by atoms with Crippen molar-refractivity contribution in [3.8, 4) is 5.75 Å². The van der Waals surface area contributed by atoms with Gasteiger partial charge in [0.05, 0.1) is 6.04 Å². The molecule has 0 saturated heterocycles. The predicted molar refractivity (Wildman–Crippen MR) is 88.9 cm³/mol. The third-order valence-electron chi connectivity index (χ3n) is 3.79. The second-order valence-electron chi connectivity index (χ2n) is 6.00. The Morgan fingerprint density at radius 3 is 2.52 bits per heavy atom. The molecule has 0 heterocycles. The molecule has 0 aliphatic heterocycles. The summed E-state index contributed by atoms with van der Waals surface area (Å²) in [5.41, 5.74) is 11.2. The molecule has 0 amide bonds. The van der Waals surface area contributed by atoms with E-state index in [-0.39, 0.29) is 6.04 Å². The van der Waals surface area contributed by atoms with Crippen LogP contribution in [0.4, 0.5) is 0 Å². The van der Waals surface area contributed by atoms with Gasteiger partial charge in [0.2, 0.25) is 0 Å². The molecule has 0 saturated carbocycles. The zero-order valence-corrected chi connectivity index (χ0v) is 13.4. The highest BCUT2D eigenvalue weighted by Crippen LogP contribution is 2.22. The fourth-order valence-corrected chi connectivity index (χ4v) is 2.40. The van der Waals surface area contributed by atoms with Crippen LogP contribution in [0.25, 0.3) is 0 Å². The zero-order valence-electron chi connectivity index (χ0n) is 13.4. The standard InChI is InChI=1S/C19H25NO/c1-13(2)16-6-5-7-17(11-16)21-12-19(20)18-10-14(3)8-9-15(18)4/h5-11,13,19H,12,20H2,1-4H3. The van der Waals surface area contributed by atoms with Gasteiger partial charge in [0.1, 0.15) is 12.4 Å². The summed E-state index contributed by atoms with van der Waals surface area (Å²) in [6.45, 7) is 9.03. The van der Waals surface area contributed by atoms with Gasteiger partial charge in [0.25, 0.3) is 0 Å². The Morgan fingerprint density at radius 2 is 1.81 bits per heavy atom. The summed E-state index contributed by atoms with van der Waals surface area (Å²) in [5.74, 6) is 1.39. The van der Waals surface area contributed by atoms with Crippen LogP contribution < -0.4 is 10.5 Å². The number of benzene rings is 2. The highest BCUT2D eigenvalue weighted by molar-refractivity contribution is 5.34. The molecule has 2 nitrogen and oxygen atoms in total. The molecule has 2 aromatic carbocycles. The molecule has 0 radical (unpaired) electrons. The van der Waals surface area contributed by atoms with Crippen molar-refractivity contribution in [1.82, 2.24) is 0 Å². The molecule has 2 heteroatoms. The van der Waals surface area contributed by atoms with E-state index in [2.05, 4.69) is 58.0 Å². The monoisotopic (exact) mass is 283 g/mol. The third kappa shape index (κ3) is 4.08. The molecule has 2 N–H and O–H groups in total. The fourth-order valence-electron chi connectivity index (χ4n) is 2.40. The van der Waals surface area contributed by atoms with Crippen molar-refractivity contribution in [2.75, 3.05) is 6.61 Å². The predicted octanol–water partition coefficient (Wildman–Crippen LogP) is 4.51. The average molecular weight is 283 g/mol.